The maximum atomic E-state index is 11.9. The van der Waals surface area contributed by atoms with Crippen molar-refractivity contribution in [2.24, 2.45) is 0 Å². The second-order valence-corrected chi connectivity index (χ2v) is 4.12. The number of para-hydroxylation sites is 1. The minimum absolute atomic E-state index is 0.315. The first-order valence-electron chi connectivity index (χ1n) is 6.33. The van der Waals surface area contributed by atoms with Gasteiger partial charge < -0.3 is 9.84 Å². The summed E-state index contributed by atoms with van der Waals surface area (Å²) >= 11 is 0. The van der Waals surface area contributed by atoms with E-state index in [1.165, 1.54) is 6.26 Å². The van der Waals surface area contributed by atoms with Crippen molar-refractivity contribution in [1.82, 2.24) is 5.16 Å². The third kappa shape index (κ3) is 3.13. The lowest BCUT2D eigenvalue weighted by Gasteiger charge is -2.14. The van der Waals surface area contributed by atoms with Gasteiger partial charge in [0, 0.05) is 11.8 Å². The smallest absolute Gasteiger partial charge is 0.324 e. The molecule has 0 spiro atoms. The van der Waals surface area contributed by atoms with E-state index in [1.54, 1.807) is 6.07 Å². The lowest BCUT2D eigenvalue weighted by molar-refractivity contribution is 0.262. The van der Waals surface area contributed by atoms with E-state index in [-0.39, 0.29) is 6.03 Å². The maximum Gasteiger partial charge on any atom is 0.324 e. The monoisotopic (exact) mass is 259 g/mol. The Morgan fingerprint density at radius 1 is 1.16 bits per heavy atom. The number of rotatable bonds is 4. The van der Waals surface area contributed by atoms with Crippen LogP contribution in [0.1, 0.15) is 25.0 Å². The van der Waals surface area contributed by atoms with Crippen LogP contribution >= 0.6 is 0 Å². The van der Waals surface area contributed by atoms with Crippen LogP contribution in [-0.2, 0) is 12.8 Å². The molecule has 2 aromatic rings. The molecular formula is C14H17N3O2. The summed E-state index contributed by atoms with van der Waals surface area (Å²) in [7, 11) is 0. The maximum absolute atomic E-state index is 11.9. The largest absolute Gasteiger partial charge is 0.363 e. The van der Waals surface area contributed by atoms with Crippen LogP contribution in [-0.4, -0.2) is 11.2 Å². The average Bonchev–Trinajstić information content (AvgIpc) is 2.91. The molecule has 0 saturated carbocycles. The first-order chi connectivity index (χ1) is 9.24. The molecule has 0 bridgehead atoms. The van der Waals surface area contributed by atoms with Crippen molar-refractivity contribution in [2.75, 3.05) is 10.6 Å². The van der Waals surface area contributed by atoms with E-state index in [2.05, 4.69) is 34.2 Å². The number of carbonyl (C=O) groups excluding carboxylic acids is 1. The molecule has 100 valence electrons. The van der Waals surface area contributed by atoms with E-state index in [9.17, 15) is 4.79 Å². The first kappa shape index (κ1) is 13.1. The molecule has 0 unspecified atom stereocenters. The predicted octanol–water partition coefficient (Wildman–Crippen LogP) is 3.44. The Hall–Kier alpha value is -2.30. The Morgan fingerprint density at radius 2 is 1.84 bits per heavy atom. The molecule has 0 aliphatic heterocycles. The fourth-order valence-corrected chi connectivity index (χ4v) is 1.94. The summed E-state index contributed by atoms with van der Waals surface area (Å²) in [4.78, 5) is 11.9. The summed E-state index contributed by atoms with van der Waals surface area (Å²) in [6.45, 7) is 4.13. The van der Waals surface area contributed by atoms with Gasteiger partial charge in [0.15, 0.2) is 5.82 Å². The molecule has 0 atom stereocenters. The normalized spacial score (nSPS) is 10.2. The average molecular weight is 259 g/mol. The van der Waals surface area contributed by atoms with Crippen LogP contribution < -0.4 is 10.6 Å². The Labute approximate surface area is 112 Å². The van der Waals surface area contributed by atoms with Crippen LogP contribution in [0.5, 0.6) is 0 Å². The Kier molecular flexibility index (Phi) is 4.18. The zero-order chi connectivity index (χ0) is 13.7. The Balaban J connectivity index is 2.15. The van der Waals surface area contributed by atoms with E-state index >= 15 is 0 Å². The van der Waals surface area contributed by atoms with Gasteiger partial charge in [-0.3, -0.25) is 5.32 Å². The number of carbonyl (C=O) groups is 1. The van der Waals surface area contributed by atoms with Crippen LogP contribution in [0.15, 0.2) is 35.1 Å². The summed E-state index contributed by atoms with van der Waals surface area (Å²) in [6.07, 6.45) is 3.15. The highest BCUT2D eigenvalue weighted by Crippen LogP contribution is 2.22. The standard InChI is InChI=1S/C14H17N3O2/c1-3-10-6-5-7-11(4-2)13(10)16-14(18)15-12-8-9-19-17-12/h5-9H,3-4H2,1-2H3,(H2,15,16,17,18). The van der Waals surface area contributed by atoms with E-state index < -0.39 is 0 Å². The second kappa shape index (κ2) is 6.04. The van der Waals surface area contributed by atoms with Gasteiger partial charge in [-0.05, 0) is 24.0 Å². The molecule has 5 nitrogen and oxygen atoms in total. The van der Waals surface area contributed by atoms with Crippen molar-refractivity contribution in [3.05, 3.63) is 41.7 Å². The van der Waals surface area contributed by atoms with Crippen molar-refractivity contribution in [3.63, 3.8) is 0 Å². The van der Waals surface area contributed by atoms with E-state index in [4.69, 9.17) is 0 Å². The minimum Gasteiger partial charge on any atom is -0.363 e. The SMILES string of the molecule is CCc1cccc(CC)c1NC(=O)Nc1ccon1. The van der Waals surface area contributed by atoms with Gasteiger partial charge in [-0.25, -0.2) is 4.79 Å². The molecule has 0 radical (unpaired) electrons. The Bertz CT molecular complexity index is 528. The van der Waals surface area contributed by atoms with E-state index in [0.29, 0.717) is 5.82 Å². The van der Waals surface area contributed by atoms with Crippen LogP contribution in [0, 0.1) is 0 Å². The fourth-order valence-electron chi connectivity index (χ4n) is 1.94. The quantitative estimate of drug-likeness (QED) is 0.883. The lowest BCUT2D eigenvalue weighted by atomic mass is 10.0. The third-order valence-corrected chi connectivity index (χ3v) is 2.92. The molecule has 2 amide bonds. The molecule has 0 aliphatic rings. The number of nitrogens with one attached hydrogen (secondary N) is 2. The highest BCUT2D eigenvalue weighted by Gasteiger charge is 2.10. The summed E-state index contributed by atoms with van der Waals surface area (Å²) in [5, 5.41) is 9.14. The molecule has 0 fully saturated rings. The molecule has 5 heteroatoms. The predicted molar refractivity (Wildman–Crippen MR) is 74.3 cm³/mol. The number of urea groups is 1. The second-order valence-electron chi connectivity index (χ2n) is 4.12. The number of nitrogens with zero attached hydrogens (tertiary/aromatic N) is 1. The van der Waals surface area contributed by atoms with Crippen molar-refractivity contribution in [2.45, 2.75) is 26.7 Å². The van der Waals surface area contributed by atoms with Gasteiger partial charge in [-0.1, -0.05) is 37.2 Å². The van der Waals surface area contributed by atoms with Crippen molar-refractivity contribution in [1.29, 1.82) is 0 Å². The highest BCUT2D eigenvalue weighted by molar-refractivity contribution is 6.00. The number of aromatic nitrogens is 1. The minimum atomic E-state index is -0.315. The highest BCUT2D eigenvalue weighted by atomic mass is 16.5. The molecule has 0 saturated heterocycles. The summed E-state index contributed by atoms with van der Waals surface area (Å²) in [5.41, 5.74) is 3.12. The van der Waals surface area contributed by atoms with Gasteiger partial charge in [-0.2, -0.15) is 0 Å². The fraction of sp³-hybridized carbons (Fsp3) is 0.286. The number of hydrogen-bond donors (Lipinski definition) is 2. The van der Waals surface area contributed by atoms with Crippen LogP contribution in [0.3, 0.4) is 0 Å². The number of aryl methyl sites for hydroxylation is 2. The molecule has 19 heavy (non-hydrogen) atoms. The first-order valence-corrected chi connectivity index (χ1v) is 6.33. The molecule has 0 aliphatic carbocycles. The molecule has 2 N–H and O–H groups in total. The van der Waals surface area contributed by atoms with Crippen molar-refractivity contribution < 1.29 is 9.32 Å². The van der Waals surface area contributed by atoms with Gasteiger partial charge >= 0.3 is 6.03 Å². The lowest BCUT2D eigenvalue weighted by Crippen LogP contribution is -2.21. The van der Waals surface area contributed by atoms with Gasteiger partial charge in [0.25, 0.3) is 0 Å². The van der Waals surface area contributed by atoms with Gasteiger partial charge in [0.2, 0.25) is 0 Å². The van der Waals surface area contributed by atoms with E-state index in [1.807, 2.05) is 18.2 Å². The van der Waals surface area contributed by atoms with Crippen LogP contribution in [0.2, 0.25) is 0 Å². The Morgan fingerprint density at radius 3 is 2.37 bits per heavy atom. The molecule has 1 heterocycles. The van der Waals surface area contributed by atoms with Gasteiger partial charge in [0.1, 0.15) is 6.26 Å². The third-order valence-electron chi connectivity index (χ3n) is 2.92. The van der Waals surface area contributed by atoms with Crippen molar-refractivity contribution in [3.8, 4) is 0 Å². The van der Waals surface area contributed by atoms with Crippen LogP contribution in [0.4, 0.5) is 16.3 Å². The number of benzene rings is 1. The topological polar surface area (TPSA) is 67.2 Å². The summed E-state index contributed by atoms with van der Waals surface area (Å²) < 4.78 is 4.66. The molecule has 2 rings (SSSR count). The van der Waals surface area contributed by atoms with Crippen LogP contribution in [0.25, 0.3) is 0 Å². The number of hydrogen-bond acceptors (Lipinski definition) is 3. The van der Waals surface area contributed by atoms with E-state index in [0.717, 1.165) is 29.7 Å². The van der Waals surface area contributed by atoms with Crippen molar-refractivity contribution >= 4 is 17.5 Å². The zero-order valence-corrected chi connectivity index (χ0v) is 11.1. The summed E-state index contributed by atoms with van der Waals surface area (Å²) in [6, 6.07) is 7.32. The zero-order valence-electron chi connectivity index (χ0n) is 11.1. The van der Waals surface area contributed by atoms with Gasteiger partial charge in [0.05, 0.1) is 0 Å². The molecule has 1 aromatic heterocycles. The number of anilines is 2. The number of amides is 2. The summed E-state index contributed by atoms with van der Waals surface area (Å²) in [5.74, 6) is 0.393. The molecular weight excluding hydrogens is 242 g/mol. The molecule has 1 aromatic carbocycles. The van der Waals surface area contributed by atoms with Gasteiger partial charge in [-0.15, -0.1) is 0 Å².